The first kappa shape index (κ1) is 12.4. The molecule has 0 atom stereocenters. The third-order valence-electron chi connectivity index (χ3n) is 1.69. The summed E-state index contributed by atoms with van der Waals surface area (Å²) in [4.78, 5) is 12.2. The Labute approximate surface area is 97.6 Å². The molecule has 0 amide bonds. The minimum atomic E-state index is -0.147. The largest absolute Gasteiger partial charge is 0.466 e. The van der Waals surface area contributed by atoms with Gasteiger partial charge >= 0.3 is 5.97 Å². The Bertz CT molecular complexity index is 315. The molecular formula is C9H14N2O2S2. The summed E-state index contributed by atoms with van der Waals surface area (Å²) in [7, 11) is 0. The van der Waals surface area contributed by atoms with Crippen LogP contribution in [0.1, 0.15) is 25.1 Å². The molecule has 0 fully saturated rings. The number of thioether (sulfide) groups is 1. The summed E-state index contributed by atoms with van der Waals surface area (Å²) in [5.74, 6) is 0.559. The number of carbonyl (C=O) groups is 1. The van der Waals surface area contributed by atoms with Crippen LogP contribution in [0.2, 0.25) is 0 Å². The van der Waals surface area contributed by atoms with Gasteiger partial charge in [0.2, 0.25) is 0 Å². The van der Waals surface area contributed by atoms with Crippen molar-refractivity contribution in [3.8, 4) is 0 Å². The van der Waals surface area contributed by atoms with Crippen molar-refractivity contribution in [3.63, 3.8) is 0 Å². The minimum absolute atomic E-state index is 0.147. The van der Waals surface area contributed by atoms with Crippen molar-refractivity contribution in [3.05, 3.63) is 4.88 Å². The van der Waals surface area contributed by atoms with Crippen LogP contribution in [-0.4, -0.2) is 27.9 Å². The van der Waals surface area contributed by atoms with E-state index in [-0.39, 0.29) is 5.97 Å². The summed E-state index contributed by atoms with van der Waals surface area (Å²) in [6.07, 6.45) is 1.37. The van der Waals surface area contributed by atoms with Crippen molar-refractivity contribution in [1.82, 2.24) is 9.59 Å². The molecule has 0 bridgehead atoms. The molecule has 0 radical (unpaired) electrons. The molecule has 1 heterocycles. The Balaban J connectivity index is 2.28. The number of esters is 1. The molecular weight excluding hydrogens is 232 g/mol. The summed E-state index contributed by atoms with van der Waals surface area (Å²) in [6.45, 7) is 4.33. The molecule has 1 aromatic heterocycles. The lowest BCUT2D eigenvalue weighted by molar-refractivity contribution is -0.142. The summed E-state index contributed by atoms with van der Waals surface area (Å²) < 4.78 is 8.71. The van der Waals surface area contributed by atoms with Crippen LogP contribution in [0.15, 0.2) is 5.03 Å². The zero-order valence-corrected chi connectivity index (χ0v) is 10.5. The van der Waals surface area contributed by atoms with Crippen molar-refractivity contribution in [2.24, 2.45) is 0 Å². The molecule has 6 heteroatoms. The first-order valence-corrected chi connectivity index (χ1v) is 6.63. The van der Waals surface area contributed by atoms with E-state index in [1.807, 2.05) is 6.92 Å². The van der Waals surface area contributed by atoms with E-state index in [9.17, 15) is 4.79 Å². The van der Waals surface area contributed by atoms with E-state index >= 15 is 0 Å². The van der Waals surface area contributed by atoms with E-state index < -0.39 is 0 Å². The molecule has 0 unspecified atom stereocenters. The molecule has 0 saturated carbocycles. The summed E-state index contributed by atoms with van der Waals surface area (Å²) in [5, 5.41) is 4.96. The maximum Gasteiger partial charge on any atom is 0.306 e. The SMILES string of the molecule is CCOC(=O)CCSc1nnsc1CC. The van der Waals surface area contributed by atoms with Crippen LogP contribution in [0, 0.1) is 0 Å². The van der Waals surface area contributed by atoms with Gasteiger partial charge in [0.05, 0.1) is 17.9 Å². The molecule has 0 N–H and O–H groups in total. The van der Waals surface area contributed by atoms with Crippen LogP contribution in [0.4, 0.5) is 0 Å². The molecule has 0 aliphatic carbocycles. The lowest BCUT2D eigenvalue weighted by atomic mass is 10.4. The maximum absolute atomic E-state index is 11.1. The third kappa shape index (κ3) is 4.17. The first-order chi connectivity index (χ1) is 7.27. The first-order valence-electron chi connectivity index (χ1n) is 4.87. The van der Waals surface area contributed by atoms with Crippen LogP contribution < -0.4 is 0 Å². The predicted molar refractivity (Wildman–Crippen MR) is 61.3 cm³/mol. The average molecular weight is 246 g/mol. The fourth-order valence-corrected chi connectivity index (χ4v) is 2.67. The van der Waals surface area contributed by atoms with Gasteiger partial charge < -0.3 is 4.74 Å². The van der Waals surface area contributed by atoms with E-state index in [1.54, 1.807) is 11.8 Å². The highest BCUT2D eigenvalue weighted by Gasteiger charge is 2.08. The van der Waals surface area contributed by atoms with E-state index in [4.69, 9.17) is 4.74 Å². The zero-order valence-electron chi connectivity index (χ0n) is 8.86. The lowest BCUT2D eigenvalue weighted by Gasteiger charge is -2.00. The fourth-order valence-electron chi connectivity index (χ4n) is 0.991. The highest BCUT2D eigenvalue weighted by atomic mass is 32.2. The van der Waals surface area contributed by atoms with E-state index in [0.29, 0.717) is 18.8 Å². The van der Waals surface area contributed by atoms with Crippen LogP contribution in [0.25, 0.3) is 0 Å². The standard InChI is InChI=1S/C9H14N2O2S2/c1-3-7-9(10-11-15-7)14-6-5-8(12)13-4-2/h3-6H2,1-2H3. The smallest absolute Gasteiger partial charge is 0.306 e. The number of ether oxygens (including phenoxy) is 1. The van der Waals surface area contributed by atoms with Gasteiger partial charge in [-0.2, -0.15) is 0 Å². The molecule has 1 aromatic rings. The van der Waals surface area contributed by atoms with Crippen LogP contribution >= 0.6 is 23.3 Å². The maximum atomic E-state index is 11.1. The molecule has 0 aromatic carbocycles. The van der Waals surface area contributed by atoms with Crippen molar-refractivity contribution in [1.29, 1.82) is 0 Å². The number of hydrogen-bond acceptors (Lipinski definition) is 6. The minimum Gasteiger partial charge on any atom is -0.466 e. The Morgan fingerprint density at radius 1 is 1.53 bits per heavy atom. The number of nitrogens with zero attached hydrogens (tertiary/aromatic N) is 2. The Hall–Kier alpha value is -0.620. The van der Waals surface area contributed by atoms with Crippen molar-refractivity contribution in [2.75, 3.05) is 12.4 Å². The van der Waals surface area contributed by atoms with Gasteiger partial charge in [0.1, 0.15) is 5.03 Å². The van der Waals surface area contributed by atoms with E-state index in [0.717, 1.165) is 11.4 Å². The molecule has 0 aliphatic rings. The summed E-state index contributed by atoms with van der Waals surface area (Å²) in [6, 6.07) is 0. The predicted octanol–water partition coefficient (Wildman–Crippen LogP) is 2.15. The zero-order chi connectivity index (χ0) is 11.1. The molecule has 0 spiro atoms. The molecule has 0 saturated heterocycles. The summed E-state index contributed by atoms with van der Waals surface area (Å²) in [5.41, 5.74) is 0. The van der Waals surface area contributed by atoms with E-state index in [2.05, 4.69) is 16.5 Å². The van der Waals surface area contributed by atoms with Gasteiger partial charge in [-0.1, -0.05) is 11.4 Å². The van der Waals surface area contributed by atoms with Gasteiger partial charge in [0.15, 0.2) is 0 Å². The average Bonchev–Trinajstić information content (AvgIpc) is 2.66. The highest BCUT2D eigenvalue weighted by Crippen LogP contribution is 2.23. The van der Waals surface area contributed by atoms with Crippen molar-refractivity contribution in [2.45, 2.75) is 31.7 Å². The fraction of sp³-hybridized carbons (Fsp3) is 0.667. The Kier molecular flexibility index (Phi) is 5.63. The number of aromatic nitrogens is 2. The van der Waals surface area contributed by atoms with Gasteiger partial charge in [-0.3, -0.25) is 4.79 Å². The molecule has 1 rings (SSSR count). The number of hydrogen-bond donors (Lipinski definition) is 0. The number of rotatable bonds is 6. The Morgan fingerprint density at radius 3 is 3.00 bits per heavy atom. The molecule has 84 valence electrons. The number of aryl methyl sites for hydroxylation is 1. The second-order valence-corrected chi connectivity index (χ2v) is 4.68. The second kappa shape index (κ2) is 6.79. The topological polar surface area (TPSA) is 52.1 Å². The second-order valence-electron chi connectivity index (χ2n) is 2.76. The Morgan fingerprint density at radius 2 is 2.33 bits per heavy atom. The molecule has 15 heavy (non-hydrogen) atoms. The van der Waals surface area contributed by atoms with Crippen molar-refractivity contribution >= 4 is 29.3 Å². The van der Waals surface area contributed by atoms with Gasteiger partial charge in [0.25, 0.3) is 0 Å². The highest BCUT2D eigenvalue weighted by molar-refractivity contribution is 7.99. The monoisotopic (exact) mass is 246 g/mol. The van der Waals surface area contributed by atoms with Crippen LogP contribution in [-0.2, 0) is 16.0 Å². The molecule has 4 nitrogen and oxygen atoms in total. The van der Waals surface area contributed by atoms with Gasteiger partial charge in [0, 0.05) is 5.75 Å². The molecule has 0 aliphatic heterocycles. The van der Waals surface area contributed by atoms with Gasteiger partial charge in [-0.15, -0.1) is 16.9 Å². The normalized spacial score (nSPS) is 10.3. The van der Waals surface area contributed by atoms with Crippen LogP contribution in [0.3, 0.4) is 0 Å². The van der Waals surface area contributed by atoms with E-state index in [1.165, 1.54) is 16.4 Å². The lowest BCUT2D eigenvalue weighted by Crippen LogP contribution is -2.04. The summed E-state index contributed by atoms with van der Waals surface area (Å²) >= 11 is 2.99. The van der Waals surface area contributed by atoms with Gasteiger partial charge in [-0.05, 0) is 24.9 Å². The third-order valence-corrected chi connectivity index (χ3v) is 3.70. The van der Waals surface area contributed by atoms with Crippen molar-refractivity contribution < 1.29 is 9.53 Å². The quantitative estimate of drug-likeness (QED) is 0.568. The van der Waals surface area contributed by atoms with Gasteiger partial charge in [-0.25, -0.2) is 0 Å². The van der Waals surface area contributed by atoms with Crippen LogP contribution in [0.5, 0.6) is 0 Å². The number of carbonyl (C=O) groups excluding carboxylic acids is 1.